The second kappa shape index (κ2) is 11.8. The first-order valence-corrected chi connectivity index (χ1v) is 12.8. The smallest absolute Gasteiger partial charge is 0.359 e. The third-order valence-corrected chi connectivity index (χ3v) is 6.59. The summed E-state index contributed by atoms with van der Waals surface area (Å²) < 4.78 is 12.2. The van der Waals surface area contributed by atoms with E-state index in [1.54, 1.807) is 18.7 Å². The molecule has 0 aliphatic rings. The first-order valence-electron chi connectivity index (χ1n) is 12.0. The van der Waals surface area contributed by atoms with E-state index in [9.17, 15) is 4.79 Å². The van der Waals surface area contributed by atoms with E-state index in [0.717, 1.165) is 28.4 Å². The Kier molecular flexibility index (Phi) is 8.27. The van der Waals surface area contributed by atoms with Gasteiger partial charge < -0.3 is 9.47 Å². The lowest BCUT2D eigenvalue weighted by molar-refractivity contribution is 0.0518. The Bertz CT molecular complexity index is 1490. The minimum atomic E-state index is -0.502. The van der Waals surface area contributed by atoms with Crippen molar-refractivity contribution in [3.63, 3.8) is 0 Å². The summed E-state index contributed by atoms with van der Waals surface area (Å²) in [5.74, 6) is 0.251. The molecule has 0 saturated carbocycles. The van der Waals surface area contributed by atoms with E-state index < -0.39 is 5.97 Å². The number of azo groups is 1. The number of anilines is 1. The zero-order chi connectivity index (χ0) is 27.2. The number of rotatable bonds is 9. The SMILES string of the molecule is CCOC(=O)c1nn(-c2ccc(C)cc2)c(C)c1/C(C)=N/Nc1nc(C)c(N=Nc2ccc(OC)cc2)s1. The number of carbonyl (C=O) groups excluding carboxylic acids is 1. The lowest BCUT2D eigenvalue weighted by Crippen LogP contribution is -2.11. The fourth-order valence-corrected chi connectivity index (χ4v) is 4.42. The van der Waals surface area contributed by atoms with Crippen LogP contribution in [-0.4, -0.2) is 40.2 Å². The number of carbonyl (C=O) groups is 1. The van der Waals surface area contributed by atoms with Gasteiger partial charge in [0.25, 0.3) is 0 Å². The molecule has 4 aromatic rings. The van der Waals surface area contributed by atoms with E-state index in [1.807, 2.05) is 76.2 Å². The van der Waals surface area contributed by atoms with Crippen LogP contribution in [0.5, 0.6) is 5.75 Å². The number of hydrazone groups is 1. The number of benzene rings is 2. The maximum atomic E-state index is 12.8. The molecule has 2 aromatic heterocycles. The molecule has 2 aromatic carbocycles. The average Bonchev–Trinajstić information content (AvgIpc) is 3.46. The van der Waals surface area contributed by atoms with Crippen molar-refractivity contribution in [3.05, 3.63) is 76.7 Å². The number of esters is 1. The van der Waals surface area contributed by atoms with Gasteiger partial charge in [-0.15, -0.1) is 10.2 Å². The minimum Gasteiger partial charge on any atom is -0.497 e. The highest BCUT2D eigenvalue weighted by Crippen LogP contribution is 2.32. The maximum Gasteiger partial charge on any atom is 0.359 e. The van der Waals surface area contributed by atoms with Crippen molar-refractivity contribution in [2.45, 2.75) is 34.6 Å². The molecule has 1 N–H and O–H groups in total. The summed E-state index contributed by atoms with van der Waals surface area (Å²) in [6, 6.07) is 15.2. The van der Waals surface area contributed by atoms with Gasteiger partial charge >= 0.3 is 5.97 Å². The van der Waals surface area contributed by atoms with Crippen LogP contribution in [0.1, 0.15) is 46.9 Å². The lowest BCUT2D eigenvalue weighted by Gasteiger charge is -2.06. The van der Waals surface area contributed by atoms with Gasteiger partial charge in [-0.2, -0.15) is 10.2 Å². The number of nitrogens with one attached hydrogen (secondary N) is 1. The van der Waals surface area contributed by atoms with Gasteiger partial charge in [-0.05, 0) is 71.0 Å². The number of methoxy groups -OCH3 is 1. The molecule has 0 atom stereocenters. The summed E-state index contributed by atoms with van der Waals surface area (Å²) in [6.07, 6.45) is 0. The fraction of sp³-hybridized carbons (Fsp3) is 0.259. The van der Waals surface area contributed by atoms with Crippen LogP contribution >= 0.6 is 11.3 Å². The summed E-state index contributed by atoms with van der Waals surface area (Å²) in [4.78, 5) is 17.3. The van der Waals surface area contributed by atoms with Crippen LogP contribution in [0.4, 0.5) is 15.8 Å². The van der Waals surface area contributed by atoms with E-state index in [0.29, 0.717) is 27.1 Å². The van der Waals surface area contributed by atoms with Crippen LogP contribution in [-0.2, 0) is 4.74 Å². The number of nitrogens with zero attached hydrogens (tertiary/aromatic N) is 6. The Hall–Kier alpha value is -4.38. The van der Waals surface area contributed by atoms with Crippen LogP contribution in [0.3, 0.4) is 0 Å². The highest BCUT2D eigenvalue weighted by Gasteiger charge is 2.24. The van der Waals surface area contributed by atoms with Crippen molar-refractivity contribution in [3.8, 4) is 11.4 Å². The Morgan fingerprint density at radius 3 is 2.42 bits per heavy atom. The Balaban J connectivity index is 1.59. The quantitative estimate of drug-likeness (QED) is 0.111. The molecule has 196 valence electrons. The third-order valence-electron chi connectivity index (χ3n) is 5.65. The summed E-state index contributed by atoms with van der Waals surface area (Å²) in [7, 11) is 1.62. The summed E-state index contributed by atoms with van der Waals surface area (Å²) in [5, 5.41) is 18.9. The highest BCUT2D eigenvalue weighted by atomic mass is 32.1. The molecule has 11 heteroatoms. The van der Waals surface area contributed by atoms with Gasteiger partial charge in [-0.3, -0.25) is 5.43 Å². The van der Waals surface area contributed by atoms with E-state index in [4.69, 9.17) is 9.47 Å². The van der Waals surface area contributed by atoms with Crippen LogP contribution in [0, 0.1) is 20.8 Å². The monoisotopic (exact) mass is 531 g/mol. The molecule has 0 radical (unpaired) electrons. The predicted octanol–water partition coefficient (Wildman–Crippen LogP) is 6.69. The van der Waals surface area contributed by atoms with E-state index in [-0.39, 0.29) is 12.3 Å². The van der Waals surface area contributed by atoms with Crippen molar-refractivity contribution in [2.24, 2.45) is 15.3 Å². The Labute approximate surface area is 225 Å². The molecule has 0 spiro atoms. The van der Waals surface area contributed by atoms with E-state index >= 15 is 0 Å². The summed E-state index contributed by atoms with van der Waals surface area (Å²) in [5.41, 5.74) is 8.53. The van der Waals surface area contributed by atoms with Crippen molar-refractivity contribution < 1.29 is 14.3 Å². The fourth-order valence-electron chi connectivity index (χ4n) is 3.68. The van der Waals surface area contributed by atoms with Gasteiger partial charge in [0.05, 0.1) is 47.8 Å². The second-order valence-corrected chi connectivity index (χ2v) is 9.37. The molecule has 0 unspecified atom stereocenters. The van der Waals surface area contributed by atoms with Gasteiger partial charge in [0, 0.05) is 0 Å². The van der Waals surface area contributed by atoms with Crippen LogP contribution in [0.2, 0.25) is 0 Å². The molecule has 38 heavy (non-hydrogen) atoms. The average molecular weight is 532 g/mol. The topological polar surface area (TPSA) is 115 Å². The van der Waals surface area contributed by atoms with Gasteiger partial charge in [0.15, 0.2) is 10.7 Å². The molecule has 0 aliphatic carbocycles. The number of thiazole rings is 1. The zero-order valence-electron chi connectivity index (χ0n) is 22.1. The molecule has 10 nitrogen and oxygen atoms in total. The molecular formula is C27H29N7O3S. The largest absolute Gasteiger partial charge is 0.497 e. The van der Waals surface area contributed by atoms with Crippen molar-refractivity contribution in [1.29, 1.82) is 0 Å². The van der Waals surface area contributed by atoms with Crippen molar-refractivity contribution in [1.82, 2.24) is 14.8 Å². The van der Waals surface area contributed by atoms with Crippen molar-refractivity contribution in [2.75, 3.05) is 19.1 Å². The molecule has 4 rings (SSSR count). The number of aryl methyl sites for hydroxylation is 2. The predicted molar refractivity (Wildman–Crippen MR) is 149 cm³/mol. The van der Waals surface area contributed by atoms with E-state index in [1.165, 1.54) is 11.3 Å². The third kappa shape index (κ3) is 5.94. The zero-order valence-corrected chi connectivity index (χ0v) is 23.0. The van der Waals surface area contributed by atoms with Gasteiger partial charge in [-0.1, -0.05) is 29.0 Å². The summed E-state index contributed by atoms with van der Waals surface area (Å²) in [6.45, 7) is 9.59. The molecule has 2 heterocycles. The van der Waals surface area contributed by atoms with Crippen LogP contribution < -0.4 is 10.2 Å². The van der Waals surface area contributed by atoms with Gasteiger partial charge in [0.2, 0.25) is 5.13 Å². The number of aromatic nitrogens is 3. The van der Waals surface area contributed by atoms with Crippen LogP contribution in [0.15, 0.2) is 63.9 Å². The maximum absolute atomic E-state index is 12.8. The molecule has 0 fully saturated rings. The van der Waals surface area contributed by atoms with Gasteiger partial charge in [0.1, 0.15) is 5.75 Å². The molecule has 0 bridgehead atoms. The normalized spacial score (nSPS) is 11.7. The summed E-state index contributed by atoms with van der Waals surface area (Å²) >= 11 is 1.32. The second-order valence-electron chi connectivity index (χ2n) is 8.39. The Morgan fingerprint density at radius 1 is 1.05 bits per heavy atom. The van der Waals surface area contributed by atoms with Crippen molar-refractivity contribution >= 4 is 38.8 Å². The van der Waals surface area contributed by atoms with Crippen LogP contribution in [0.25, 0.3) is 5.69 Å². The molecular weight excluding hydrogens is 502 g/mol. The highest BCUT2D eigenvalue weighted by molar-refractivity contribution is 7.19. The first-order chi connectivity index (χ1) is 18.3. The number of hydrogen-bond donors (Lipinski definition) is 1. The van der Waals surface area contributed by atoms with Gasteiger partial charge in [-0.25, -0.2) is 14.5 Å². The number of ether oxygens (including phenoxy) is 2. The molecule has 0 aliphatic heterocycles. The standard InChI is InChI=1S/C27H29N7O3S/c1-7-37-26(35)24-23(19(5)34(33-24)21-12-8-16(2)9-13-21)17(3)29-32-27-28-18(4)25(38-27)31-30-20-10-14-22(36-6)15-11-20/h8-15H,7H2,1-6H3,(H,28,32)/b29-17+,31-30?. The Morgan fingerprint density at radius 2 is 1.76 bits per heavy atom. The molecule has 0 saturated heterocycles. The lowest BCUT2D eigenvalue weighted by atomic mass is 10.1. The first kappa shape index (κ1) is 26.7. The number of hydrogen-bond acceptors (Lipinski definition) is 10. The minimum absolute atomic E-state index is 0.206. The molecule has 0 amide bonds. The van der Waals surface area contributed by atoms with E-state index in [2.05, 4.69) is 30.8 Å².